The van der Waals surface area contributed by atoms with Crippen LogP contribution in [0.25, 0.3) is 0 Å². The second-order valence-corrected chi connectivity index (χ2v) is 3.88. The van der Waals surface area contributed by atoms with Crippen LogP contribution in [0.2, 0.25) is 5.15 Å². The highest BCUT2D eigenvalue weighted by molar-refractivity contribution is 6.29. The van der Waals surface area contributed by atoms with Gasteiger partial charge in [-0.3, -0.25) is 14.5 Å². The molecule has 8 heteroatoms. The van der Waals surface area contributed by atoms with Crippen molar-refractivity contribution in [1.29, 1.82) is 0 Å². The van der Waals surface area contributed by atoms with Crippen molar-refractivity contribution >= 4 is 23.5 Å². The Kier molecular flexibility index (Phi) is 4.47. The second kappa shape index (κ2) is 5.65. The lowest BCUT2D eigenvalue weighted by Gasteiger charge is -2.17. The number of rotatable bonds is 6. The number of aliphatic carboxylic acids is 2. The van der Waals surface area contributed by atoms with E-state index in [9.17, 15) is 9.59 Å². The molecule has 0 aliphatic carbocycles. The second-order valence-electron chi connectivity index (χ2n) is 3.49. The molecule has 0 atom stereocenters. The maximum Gasteiger partial charge on any atom is 0.317 e. The van der Waals surface area contributed by atoms with E-state index in [2.05, 4.69) is 4.98 Å². The number of hydrogen-bond acceptors (Lipinski definition) is 4. The number of hydrogen-bond donors (Lipinski definition) is 2. The molecule has 0 bridgehead atoms. The van der Waals surface area contributed by atoms with Gasteiger partial charge in [0.2, 0.25) is 0 Å². The maximum absolute atomic E-state index is 10.6. The summed E-state index contributed by atoms with van der Waals surface area (Å²) in [5.41, 5.74) is 0. The molecule has 0 aliphatic heterocycles. The van der Waals surface area contributed by atoms with Crippen LogP contribution >= 0.6 is 11.6 Å². The van der Waals surface area contributed by atoms with Gasteiger partial charge in [-0.25, -0.2) is 4.98 Å². The van der Waals surface area contributed by atoms with Gasteiger partial charge in [0.1, 0.15) is 11.0 Å². The minimum atomic E-state index is -1.09. The highest BCUT2D eigenvalue weighted by Crippen LogP contribution is 2.10. The van der Waals surface area contributed by atoms with E-state index in [1.165, 1.54) is 11.1 Å². The molecule has 7 nitrogen and oxygen atoms in total. The number of nitrogens with zero attached hydrogens (tertiary/aromatic N) is 3. The Labute approximate surface area is 102 Å². The fourth-order valence-electron chi connectivity index (χ4n) is 1.32. The highest BCUT2D eigenvalue weighted by atomic mass is 35.5. The zero-order valence-corrected chi connectivity index (χ0v) is 9.89. The van der Waals surface area contributed by atoms with E-state index in [-0.39, 0.29) is 19.6 Å². The lowest BCUT2D eigenvalue weighted by molar-refractivity contribution is -0.142. The number of carboxylic acid groups (broad SMARTS) is 2. The largest absolute Gasteiger partial charge is 0.480 e. The van der Waals surface area contributed by atoms with E-state index < -0.39 is 11.9 Å². The van der Waals surface area contributed by atoms with E-state index in [1.54, 1.807) is 11.6 Å². The average molecular weight is 262 g/mol. The molecule has 0 aliphatic rings. The molecule has 2 N–H and O–H groups in total. The molecule has 0 fully saturated rings. The molecular formula is C9H12ClN3O4. The minimum Gasteiger partial charge on any atom is -0.480 e. The third-order valence-corrected chi connectivity index (χ3v) is 2.46. The molecule has 0 saturated heterocycles. The summed E-state index contributed by atoms with van der Waals surface area (Å²) in [6.07, 6.45) is 1.43. The number of carbonyl (C=O) groups is 2. The summed E-state index contributed by atoms with van der Waals surface area (Å²) in [5.74, 6) is -1.67. The molecule has 0 aromatic carbocycles. The Morgan fingerprint density at radius 3 is 2.29 bits per heavy atom. The fraction of sp³-hybridized carbons (Fsp3) is 0.444. The highest BCUT2D eigenvalue weighted by Gasteiger charge is 2.16. The van der Waals surface area contributed by atoms with Crippen molar-refractivity contribution in [3.63, 3.8) is 0 Å². The Hall–Kier alpha value is -1.60. The van der Waals surface area contributed by atoms with Crippen LogP contribution in [-0.2, 0) is 23.2 Å². The first-order chi connectivity index (χ1) is 7.90. The summed E-state index contributed by atoms with van der Waals surface area (Å²) >= 11 is 5.77. The van der Waals surface area contributed by atoms with Gasteiger partial charge >= 0.3 is 11.9 Å². The summed E-state index contributed by atoms with van der Waals surface area (Å²) in [7, 11) is 1.67. The van der Waals surface area contributed by atoms with Crippen LogP contribution in [-0.4, -0.2) is 49.7 Å². The topological polar surface area (TPSA) is 95.7 Å². The molecule has 0 radical (unpaired) electrons. The van der Waals surface area contributed by atoms with Crippen molar-refractivity contribution in [2.45, 2.75) is 6.54 Å². The van der Waals surface area contributed by atoms with Crippen LogP contribution < -0.4 is 0 Å². The number of halogens is 1. The monoisotopic (exact) mass is 261 g/mol. The molecule has 1 rings (SSSR count). The van der Waals surface area contributed by atoms with Crippen molar-refractivity contribution in [2.75, 3.05) is 13.1 Å². The van der Waals surface area contributed by atoms with Crippen molar-refractivity contribution in [3.8, 4) is 0 Å². The molecule has 0 unspecified atom stereocenters. The molecule has 1 heterocycles. The summed E-state index contributed by atoms with van der Waals surface area (Å²) in [4.78, 5) is 26.4. The third kappa shape index (κ3) is 4.04. The standard InChI is InChI=1S/C9H12ClN3O4/c1-12-6(10)2-11-7(12)3-13(4-8(14)15)5-9(16)17/h2H,3-5H2,1H3,(H,14,15)(H,16,17). The molecule has 0 saturated carbocycles. The Bertz CT molecular complexity index is 416. The van der Waals surface area contributed by atoms with E-state index in [4.69, 9.17) is 21.8 Å². The number of aromatic nitrogens is 2. The molecule has 1 aromatic rings. The van der Waals surface area contributed by atoms with Crippen LogP contribution in [0.3, 0.4) is 0 Å². The van der Waals surface area contributed by atoms with Crippen molar-refractivity contribution in [2.24, 2.45) is 7.05 Å². The van der Waals surface area contributed by atoms with E-state index in [0.717, 1.165) is 0 Å². The molecule has 94 valence electrons. The van der Waals surface area contributed by atoms with E-state index in [0.29, 0.717) is 11.0 Å². The van der Waals surface area contributed by atoms with Crippen LogP contribution in [0.5, 0.6) is 0 Å². The molecule has 17 heavy (non-hydrogen) atoms. The maximum atomic E-state index is 10.6. The summed E-state index contributed by atoms with van der Waals surface area (Å²) < 4.78 is 1.57. The lowest BCUT2D eigenvalue weighted by atomic mass is 10.4. The van der Waals surface area contributed by atoms with Crippen LogP contribution in [0.4, 0.5) is 0 Å². The number of carboxylic acids is 2. The minimum absolute atomic E-state index is 0.113. The predicted octanol–water partition coefficient (Wildman–Crippen LogP) is 0.0447. The molecular weight excluding hydrogens is 250 g/mol. The van der Waals surface area contributed by atoms with Crippen molar-refractivity contribution in [3.05, 3.63) is 17.2 Å². The number of imidazole rings is 1. The average Bonchev–Trinajstić information content (AvgIpc) is 2.47. The summed E-state index contributed by atoms with van der Waals surface area (Å²) in [6, 6.07) is 0. The van der Waals surface area contributed by atoms with Gasteiger partial charge < -0.3 is 14.8 Å². The van der Waals surface area contributed by atoms with Crippen molar-refractivity contribution in [1.82, 2.24) is 14.5 Å². The van der Waals surface area contributed by atoms with Gasteiger partial charge in [0.25, 0.3) is 0 Å². The quantitative estimate of drug-likeness (QED) is 0.751. The SMILES string of the molecule is Cn1c(Cl)cnc1CN(CC(=O)O)CC(=O)O. The van der Waals surface area contributed by atoms with Gasteiger partial charge in [0.05, 0.1) is 25.8 Å². The first-order valence-electron chi connectivity index (χ1n) is 4.72. The normalized spacial score (nSPS) is 10.8. The van der Waals surface area contributed by atoms with Gasteiger partial charge in [-0.2, -0.15) is 0 Å². The summed E-state index contributed by atoms with van der Waals surface area (Å²) in [6.45, 7) is -0.616. The lowest BCUT2D eigenvalue weighted by Crippen LogP contribution is -2.34. The van der Waals surface area contributed by atoms with Gasteiger partial charge in [0, 0.05) is 7.05 Å². The molecule has 0 spiro atoms. The summed E-state index contributed by atoms with van der Waals surface area (Å²) in [5, 5.41) is 17.7. The molecule has 0 amide bonds. The van der Waals surface area contributed by atoms with Crippen molar-refractivity contribution < 1.29 is 19.8 Å². The first kappa shape index (κ1) is 13.5. The smallest absolute Gasteiger partial charge is 0.317 e. The zero-order valence-electron chi connectivity index (χ0n) is 9.13. The zero-order chi connectivity index (χ0) is 13.0. The van der Waals surface area contributed by atoms with Crippen LogP contribution in [0.15, 0.2) is 6.20 Å². The van der Waals surface area contributed by atoms with E-state index >= 15 is 0 Å². The predicted molar refractivity (Wildman–Crippen MR) is 58.8 cm³/mol. The molecule has 1 aromatic heterocycles. The van der Waals surface area contributed by atoms with Crippen LogP contribution in [0, 0.1) is 0 Å². The Balaban J connectivity index is 2.74. The van der Waals surface area contributed by atoms with Gasteiger partial charge in [-0.05, 0) is 0 Å². The van der Waals surface area contributed by atoms with Gasteiger partial charge in [-0.15, -0.1) is 0 Å². The Morgan fingerprint density at radius 2 is 1.94 bits per heavy atom. The van der Waals surface area contributed by atoms with Gasteiger partial charge in [-0.1, -0.05) is 11.6 Å². The Morgan fingerprint density at radius 1 is 1.41 bits per heavy atom. The first-order valence-corrected chi connectivity index (χ1v) is 5.10. The fourth-order valence-corrected chi connectivity index (χ4v) is 1.47. The third-order valence-electron chi connectivity index (χ3n) is 2.11. The van der Waals surface area contributed by atoms with Gasteiger partial charge in [0.15, 0.2) is 0 Å². The van der Waals surface area contributed by atoms with E-state index in [1.807, 2.05) is 0 Å². The van der Waals surface area contributed by atoms with Crippen LogP contribution in [0.1, 0.15) is 5.82 Å².